The maximum absolute atomic E-state index is 13.3. The molecule has 0 amide bonds. The van der Waals surface area contributed by atoms with Gasteiger partial charge in [0.1, 0.15) is 5.82 Å². The number of halogens is 2. The Morgan fingerprint density at radius 1 is 1.11 bits per heavy atom. The lowest BCUT2D eigenvalue weighted by Crippen LogP contribution is -2.06. The molecule has 1 fully saturated rings. The summed E-state index contributed by atoms with van der Waals surface area (Å²) in [6.45, 7) is 3.93. The lowest BCUT2D eigenvalue weighted by atomic mass is 9.89. The highest BCUT2D eigenvalue weighted by molar-refractivity contribution is 6.21. The van der Waals surface area contributed by atoms with E-state index in [-0.39, 0.29) is 11.2 Å². The van der Waals surface area contributed by atoms with Crippen molar-refractivity contribution in [1.82, 2.24) is 0 Å². The van der Waals surface area contributed by atoms with Gasteiger partial charge in [-0.05, 0) is 55.0 Å². The van der Waals surface area contributed by atoms with Crippen LogP contribution in [0.1, 0.15) is 67.0 Å². The highest BCUT2D eigenvalue weighted by Gasteiger charge is 2.20. The molecule has 1 aromatic carbocycles. The van der Waals surface area contributed by atoms with Crippen molar-refractivity contribution in [2.45, 2.75) is 64.2 Å². The highest BCUT2D eigenvalue weighted by atomic mass is 35.5. The van der Waals surface area contributed by atoms with E-state index in [1.165, 1.54) is 38.5 Å². The summed E-state index contributed by atoms with van der Waals surface area (Å²) >= 11 is 6.63. The van der Waals surface area contributed by atoms with Crippen LogP contribution in [-0.2, 0) is 0 Å². The molecule has 1 atom stereocenters. The molecule has 1 aliphatic carbocycles. The first-order valence-electron chi connectivity index (χ1n) is 7.48. The molecule has 0 saturated heterocycles. The van der Waals surface area contributed by atoms with E-state index in [4.69, 9.17) is 11.6 Å². The molecule has 0 heterocycles. The lowest BCUT2D eigenvalue weighted by Gasteiger charge is -2.21. The van der Waals surface area contributed by atoms with Gasteiger partial charge >= 0.3 is 0 Å². The summed E-state index contributed by atoms with van der Waals surface area (Å²) in [5, 5.41) is 0.0312. The number of rotatable bonds is 3. The van der Waals surface area contributed by atoms with Crippen LogP contribution in [0.25, 0.3) is 0 Å². The van der Waals surface area contributed by atoms with Gasteiger partial charge in [0.15, 0.2) is 0 Å². The molecule has 19 heavy (non-hydrogen) atoms. The SMILES string of the molecule is Cc1cc(F)cc(C)c1C(Cl)CC1CCCCCC1. The second kappa shape index (κ2) is 6.74. The summed E-state index contributed by atoms with van der Waals surface area (Å²) < 4.78 is 13.3. The van der Waals surface area contributed by atoms with E-state index in [0.717, 1.165) is 29.0 Å². The van der Waals surface area contributed by atoms with Crippen LogP contribution < -0.4 is 0 Å². The normalized spacial score (nSPS) is 19.2. The van der Waals surface area contributed by atoms with Crippen LogP contribution in [0.4, 0.5) is 4.39 Å². The van der Waals surface area contributed by atoms with Crippen LogP contribution >= 0.6 is 11.6 Å². The van der Waals surface area contributed by atoms with Gasteiger partial charge in [-0.3, -0.25) is 0 Å². The molecule has 0 bridgehead atoms. The number of benzene rings is 1. The minimum atomic E-state index is -0.155. The van der Waals surface area contributed by atoms with Gasteiger partial charge in [0.05, 0.1) is 5.38 Å². The first-order valence-corrected chi connectivity index (χ1v) is 7.92. The molecule has 0 N–H and O–H groups in total. The fourth-order valence-electron chi connectivity index (χ4n) is 3.43. The molecule has 1 unspecified atom stereocenters. The first kappa shape index (κ1) is 14.8. The van der Waals surface area contributed by atoms with E-state index in [9.17, 15) is 4.39 Å². The molecule has 0 aromatic heterocycles. The predicted octanol–water partition coefficient (Wildman–Crippen LogP) is 6.08. The van der Waals surface area contributed by atoms with Gasteiger partial charge in [-0.1, -0.05) is 38.5 Å². The fraction of sp³-hybridized carbons (Fsp3) is 0.647. The molecule has 0 radical (unpaired) electrons. The van der Waals surface area contributed by atoms with Gasteiger partial charge in [-0.25, -0.2) is 4.39 Å². The summed E-state index contributed by atoms with van der Waals surface area (Å²) in [5.74, 6) is 0.589. The van der Waals surface area contributed by atoms with Crippen LogP contribution in [0.15, 0.2) is 12.1 Å². The zero-order chi connectivity index (χ0) is 13.8. The summed E-state index contributed by atoms with van der Waals surface area (Å²) in [6.07, 6.45) is 9.08. The monoisotopic (exact) mass is 282 g/mol. The van der Waals surface area contributed by atoms with E-state index in [1.807, 2.05) is 13.8 Å². The topological polar surface area (TPSA) is 0 Å². The maximum atomic E-state index is 13.3. The summed E-state index contributed by atoms with van der Waals surface area (Å²) in [4.78, 5) is 0. The summed E-state index contributed by atoms with van der Waals surface area (Å²) in [5.41, 5.74) is 3.13. The highest BCUT2D eigenvalue weighted by Crippen LogP contribution is 2.37. The molecule has 1 aliphatic rings. The molecular formula is C17H24ClF. The van der Waals surface area contributed by atoms with Crippen LogP contribution in [0.3, 0.4) is 0 Å². The Hall–Kier alpha value is -0.560. The molecular weight excluding hydrogens is 259 g/mol. The average Bonchev–Trinajstić information content (AvgIpc) is 2.56. The van der Waals surface area contributed by atoms with Crippen molar-refractivity contribution < 1.29 is 4.39 Å². The maximum Gasteiger partial charge on any atom is 0.123 e. The van der Waals surface area contributed by atoms with Gasteiger partial charge in [-0.2, -0.15) is 0 Å². The van der Waals surface area contributed by atoms with Crippen LogP contribution in [-0.4, -0.2) is 0 Å². The standard InChI is InChI=1S/C17H24ClF/c1-12-9-15(19)10-13(2)17(12)16(18)11-14-7-5-3-4-6-8-14/h9-10,14,16H,3-8,11H2,1-2H3. The second-order valence-electron chi connectivity index (χ2n) is 6.01. The van der Waals surface area contributed by atoms with Gasteiger partial charge in [0.25, 0.3) is 0 Å². The quantitative estimate of drug-likeness (QED) is 0.465. The minimum absolute atomic E-state index is 0.0312. The van der Waals surface area contributed by atoms with Gasteiger partial charge in [0.2, 0.25) is 0 Å². The number of aryl methyl sites for hydroxylation is 2. The van der Waals surface area contributed by atoms with Gasteiger partial charge in [-0.15, -0.1) is 11.6 Å². The van der Waals surface area contributed by atoms with Gasteiger partial charge < -0.3 is 0 Å². The van der Waals surface area contributed by atoms with Crippen LogP contribution in [0.5, 0.6) is 0 Å². The molecule has 1 aromatic rings. The second-order valence-corrected chi connectivity index (χ2v) is 6.54. The molecule has 2 heteroatoms. The predicted molar refractivity (Wildman–Crippen MR) is 80.3 cm³/mol. The molecule has 0 spiro atoms. The third-order valence-corrected chi connectivity index (χ3v) is 4.78. The van der Waals surface area contributed by atoms with Crippen molar-refractivity contribution in [2.24, 2.45) is 5.92 Å². The molecule has 0 nitrogen and oxygen atoms in total. The van der Waals surface area contributed by atoms with E-state index in [0.29, 0.717) is 0 Å². The van der Waals surface area contributed by atoms with Crippen molar-refractivity contribution in [3.05, 3.63) is 34.6 Å². The van der Waals surface area contributed by atoms with Gasteiger partial charge in [0, 0.05) is 0 Å². The fourth-order valence-corrected chi connectivity index (χ4v) is 4.02. The Bertz CT molecular complexity index is 396. The van der Waals surface area contributed by atoms with Crippen LogP contribution in [0.2, 0.25) is 0 Å². The third kappa shape index (κ3) is 3.95. The molecule has 1 saturated carbocycles. The Kier molecular flexibility index (Phi) is 5.27. The Morgan fingerprint density at radius 2 is 1.63 bits per heavy atom. The van der Waals surface area contributed by atoms with Crippen molar-refractivity contribution in [2.75, 3.05) is 0 Å². The summed E-state index contributed by atoms with van der Waals surface area (Å²) in [6, 6.07) is 3.20. The van der Waals surface area contributed by atoms with Crippen LogP contribution in [0, 0.1) is 25.6 Å². The Labute approximate surface area is 121 Å². The molecule has 106 valence electrons. The van der Waals surface area contributed by atoms with E-state index in [1.54, 1.807) is 12.1 Å². The first-order chi connectivity index (χ1) is 9.08. The molecule has 0 aliphatic heterocycles. The number of hydrogen-bond acceptors (Lipinski definition) is 0. The summed E-state index contributed by atoms with van der Waals surface area (Å²) in [7, 11) is 0. The Morgan fingerprint density at radius 3 is 2.16 bits per heavy atom. The molecule has 2 rings (SSSR count). The van der Waals surface area contributed by atoms with Crippen molar-refractivity contribution in [1.29, 1.82) is 0 Å². The zero-order valence-electron chi connectivity index (χ0n) is 12.0. The lowest BCUT2D eigenvalue weighted by molar-refractivity contribution is 0.422. The number of hydrogen-bond donors (Lipinski definition) is 0. The van der Waals surface area contributed by atoms with Crippen molar-refractivity contribution in [3.63, 3.8) is 0 Å². The average molecular weight is 283 g/mol. The zero-order valence-corrected chi connectivity index (χ0v) is 12.8. The van der Waals surface area contributed by atoms with Crippen molar-refractivity contribution in [3.8, 4) is 0 Å². The Balaban J connectivity index is 2.08. The minimum Gasteiger partial charge on any atom is -0.207 e. The van der Waals surface area contributed by atoms with Crippen molar-refractivity contribution >= 4 is 11.6 Å². The van der Waals surface area contributed by atoms with E-state index in [2.05, 4.69) is 0 Å². The van der Waals surface area contributed by atoms with E-state index >= 15 is 0 Å². The smallest absolute Gasteiger partial charge is 0.123 e. The largest absolute Gasteiger partial charge is 0.207 e. The number of alkyl halides is 1. The third-order valence-electron chi connectivity index (χ3n) is 4.39. The van der Waals surface area contributed by atoms with E-state index < -0.39 is 0 Å².